The lowest BCUT2D eigenvalue weighted by Gasteiger charge is -2.11. The Labute approximate surface area is 73.0 Å². The standard InChI is InChI=1S/C8H8F3NO/c1-5-2-3-6(12-13)4-7(5)8(9,10)11/h2-4,12-13H,1H3. The summed E-state index contributed by atoms with van der Waals surface area (Å²) in [6.07, 6.45) is -4.38. The molecule has 0 heterocycles. The van der Waals surface area contributed by atoms with Crippen LogP contribution in [0.1, 0.15) is 11.1 Å². The lowest BCUT2D eigenvalue weighted by Crippen LogP contribution is -2.08. The van der Waals surface area contributed by atoms with Crippen LogP contribution in [0.15, 0.2) is 18.2 Å². The monoisotopic (exact) mass is 191 g/mol. The van der Waals surface area contributed by atoms with Gasteiger partial charge in [0.1, 0.15) is 0 Å². The summed E-state index contributed by atoms with van der Waals surface area (Å²) in [6.45, 7) is 1.37. The van der Waals surface area contributed by atoms with Crippen LogP contribution in [-0.4, -0.2) is 5.21 Å². The van der Waals surface area contributed by atoms with Crippen LogP contribution in [0.25, 0.3) is 0 Å². The van der Waals surface area contributed by atoms with E-state index >= 15 is 0 Å². The van der Waals surface area contributed by atoms with Crippen LogP contribution in [0.4, 0.5) is 18.9 Å². The molecule has 13 heavy (non-hydrogen) atoms. The lowest BCUT2D eigenvalue weighted by atomic mass is 10.1. The molecule has 72 valence electrons. The van der Waals surface area contributed by atoms with Crippen molar-refractivity contribution in [3.05, 3.63) is 29.3 Å². The van der Waals surface area contributed by atoms with Gasteiger partial charge < -0.3 is 0 Å². The van der Waals surface area contributed by atoms with Crippen LogP contribution in [0, 0.1) is 6.92 Å². The highest BCUT2D eigenvalue weighted by molar-refractivity contribution is 5.47. The summed E-state index contributed by atoms with van der Waals surface area (Å²) >= 11 is 0. The van der Waals surface area contributed by atoms with Gasteiger partial charge in [0.15, 0.2) is 0 Å². The number of nitrogens with one attached hydrogen (secondary N) is 1. The highest BCUT2D eigenvalue weighted by Crippen LogP contribution is 2.33. The molecule has 0 fully saturated rings. The van der Waals surface area contributed by atoms with Crippen LogP contribution in [0.3, 0.4) is 0 Å². The third-order valence-corrected chi connectivity index (χ3v) is 1.67. The fourth-order valence-corrected chi connectivity index (χ4v) is 0.997. The van der Waals surface area contributed by atoms with Crippen molar-refractivity contribution >= 4 is 5.69 Å². The molecule has 1 aromatic rings. The summed E-state index contributed by atoms with van der Waals surface area (Å²) in [4.78, 5) is 0. The zero-order valence-corrected chi connectivity index (χ0v) is 6.81. The minimum atomic E-state index is -4.38. The van der Waals surface area contributed by atoms with Crippen LogP contribution < -0.4 is 5.48 Å². The van der Waals surface area contributed by atoms with Gasteiger partial charge in [0.25, 0.3) is 0 Å². The molecule has 0 spiro atoms. The smallest absolute Gasteiger partial charge is 0.291 e. The zero-order chi connectivity index (χ0) is 10.1. The minimum absolute atomic E-state index is 0.0259. The maximum Gasteiger partial charge on any atom is 0.416 e. The Morgan fingerprint density at radius 1 is 1.31 bits per heavy atom. The van der Waals surface area contributed by atoms with E-state index in [1.807, 2.05) is 0 Å². The molecular weight excluding hydrogens is 183 g/mol. The number of hydrogen-bond acceptors (Lipinski definition) is 2. The average molecular weight is 191 g/mol. The van der Waals surface area contributed by atoms with Crippen molar-refractivity contribution in [2.45, 2.75) is 13.1 Å². The van der Waals surface area contributed by atoms with Crippen molar-refractivity contribution in [1.29, 1.82) is 0 Å². The highest BCUT2D eigenvalue weighted by atomic mass is 19.4. The second kappa shape index (κ2) is 3.26. The molecule has 0 aliphatic rings. The quantitative estimate of drug-likeness (QED) is 0.669. The second-order valence-corrected chi connectivity index (χ2v) is 2.64. The van der Waals surface area contributed by atoms with Crippen molar-refractivity contribution < 1.29 is 18.4 Å². The largest absolute Gasteiger partial charge is 0.416 e. The summed E-state index contributed by atoms with van der Waals surface area (Å²) < 4.78 is 36.8. The molecule has 2 nitrogen and oxygen atoms in total. The molecule has 0 saturated carbocycles. The Morgan fingerprint density at radius 2 is 1.92 bits per heavy atom. The van der Waals surface area contributed by atoms with Gasteiger partial charge in [-0.1, -0.05) is 6.07 Å². The molecule has 0 saturated heterocycles. The maximum absolute atomic E-state index is 12.3. The fraction of sp³-hybridized carbons (Fsp3) is 0.250. The second-order valence-electron chi connectivity index (χ2n) is 2.64. The first-order chi connectivity index (χ1) is 5.95. The van der Waals surface area contributed by atoms with E-state index in [2.05, 4.69) is 0 Å². The fourth-order valence-electron chi connectivity index (χ4n) is 0.997. The molecule has 0 bridgehead atoms. The van der Waals surface area contributed by atoms with E-state index in [9.17, 15) is 13.2 Å². The van der Waals surface area contributed by atoms with Crippen molar-refractivity contribution in [3.63, 3.8) is 0 Å². The summed E-state index contributed by atoms with van der Waals surface area (Å²) in [5, 5.41) is 8.40. The van der Waals surface area contributed by atoms with Gasteiger partial charge in [-0.15, -0.1) is 0 Å². The molecule has 0 aromatic heterocycles. The van der Waals surface area contributed by atoms with Crippen LogP contribution in [-0.2, 0) is 6.18 Å². The van der Waals surface area contributed by atoms with E-state index in [0.29, 0.717) is 0 Å². The van der Waals surface area contributed by atoms with Crippen molar-refractivity contribution in [3.8, 4) is 0 Å². The molecular formula is C8H8F3NO. The summed E-state index contributed by atoms with van der Waals surface area (Å²) in [7, 11) is 0. The number of anilines is 1. The van der Waals surface area contributed by atoms with E-state index in [-0.39, 0.29) is 11.3 Å². The van der Waals surface area contributed by atoms with Gasteiger partial charge in [0, 0.05) is 0 Å². The van der Waals surface area contributed by atoms with Gasteiger partial charge in [-0.2, -0.15) is 13.2 Å². The maximum atomic E-state index is 12.3. The number of benzene rings is 1. The Hall–Kier alpha value is -1.23. The van der Waals surface area contributed by atoms with Crippen molar-refractivity contribution in [2.75, 3.05) is 5.48 Å². The van der Waals surface area contributed by atoms with E-state index in [4.69, 9.17) is 5.21 Å². The SMILES string of the molecule is Cc1ccc(NO)cc1C(F)(F)F. The summed E-state index contributed by atoms with van der Waals surface area (Å²) in [5.74, 6) is 0. The topological polar surface area (TPSA) is 32.3 Å². The Kier molecular flexibility index (Phi) is 2.47. The van der Waals surface area contributed by atoms with Gasteiger partial charge in [0.2, 0.25) is 0 Å². The van der Waals surface area contributed by atoms with Crippen LogP contribution in [0.2, 0.25) is 0 Å². The molecule has 5 heteroatoms. The molecule has 0 aliphatic carbocycles. The molecule has 0 atom stereocenters. The lowest BCUT2D eigenvalue weighted by molar-refractivity contribution is -0.138. The molecule has 0 unspecified atom stereocenters. The number of halogens is 3. The average Bonchev–Trinajstić information content (AvgIpc) is 2.03. The third kappa shape index (κ3) is 2.12. The molecule has 0 amide bonds. The van der Waals surface area contributed by atoms with E-state index in [0.717, 1.165) is 6.07 Å². The van der Waals surface area contributed by atoms with Gasteiger partial charge in [-0.05, 0) is 24.6 Å². The first-order valence-electron chi connectivity index (χ1n) is 3.53. The third-order valence-electron chi connectivity index (χ3n) is 1.67. The Bertz CT molecular complexity index is 309. The Balaban J connectivity index is 3.19. The molecule has 1 rings (SSSR count). The first-order valence-corrected chi connectivity index (χ1v) is 3.53. The normalized spacial score (nSPS) is 11.5. The van der Waals surface area contributed by atoms with Gasteiger partial charge >= 0.3 is 6.18 Å². The minimum Gasteiger partial charge on any atom is -0.291 e. The van der Waals surface area contributed by atoms with Crippen molar-refractivity contribution in [1.82, 2.24) is 0 Å². The molecule has 0 radical (unpaired) electrons. The van der Waals surface area contributed by atoms with E-state index in [1.165, 1.54) is 19.1 Å². The number of alkyl halides is 3. The Morgan fingerprint density at radius 3 is 2.38 bits per heavy atom. The molecule has 2 N–H and O–H groups in total. The molecule has 1 aromatic carbocycles. The van der Waals surface area contributed by atoms with E-state index in [1.54, 1.807) is 5.48 Å². The summed E-state index contributed by atoms with van der Waals surface area (Å²) in [6, 6.07) is 3.52. The summed E-state index contributed by atoms with van der Waals surface area (Å²) in [5.41, 5.74) is 1.08. The predicted octanol–water partition coefficient (Wildman–Crippen LogP) is 2.81. The zero-order valence-electron chi connectivity index (χ0n) is 6.81. The van der Waals surface area contributed by atoms with Gasteiger partial charge in [-0.3, -0.25) is 10.7 Å². The highest BCUT2D eigenvalue weighted by Gasteiger charge is 2.32. The number of aryl methyl sites for hydroxylation is 1. The van der Waals surface area contributed by atoms with Gasteiger partial charge in [0.05, 0.1) is 11.3 Å². The van der Waals surface area contributed by atoms with Crippen LogP contribution >= 0.6 is 0 Å². The molecule has 0 aliphatic heterocycles. The van der Waals surface area contributed by atoms with Gasteiger partial charge in [-0.25, -0.2) is 0 Å². The number of hydrogen-bond donors (Lipinski definition) is 2. The van der Waals surface area contributed by atoms with Crippen molar-refractivity contribution in [2.24, 2.45) is 0 Å². The number of rotatable bonds is 1. The predicted molar refractivity (Wildman–Crippen MR) is 41.6 cm³/mol. The van der Waals surface area contributed by atoms with Crippen LogP contribution in [0.5, 0.6) is 0 Å². The van der Waals surface area contributed by atoms with E-state index < -0.39 is 11.7 Å². The first kappa shape index (κ1) is 9.85.